The highest BCUT2D eigenvalue weighted by atomic mass is 16.2. The first-order chi connectivity index (χ1) is 13.9. The van der Waals surface area contributed by atoms with Crippen LogP contribution in [0.5, 0.6) is 0 Å². The molecule has 1 heterocycles. The summed E-state index contributed by atoms with van der Waals surface area (Å²) in [6, 6.07) is 13.7. The highest BCUT2D eigenvalue weighted by molar-refractivity contribution is 5.67. The van der Waals surface area contributed by atoms with Gasteiger partial charge in [-0.2, -0.15) is 4.98 Å². The van der Waals surface area contributed by atoms with Gasteiger partial charge in [0.15, 0.2) is 0 Å². The molecule has 0 amide bonds. The van der Waals surface area contributed by atoms with E-state index in [-0.39, 0.29) is 17.7 Å². The van der Waals surface area contributed by atoms with E-state index in [4.69, 9.17) is 0 Å². The molecule has 0 saturated carbocycles. The number of aromatic nitrogens is 3. The topological polar surface area (TPSA) is 68.9 Å². The largest absolute Gasteiger partial charge is 0.355 e. The fourth-order valence-corrected chi connectivity index (χ4v) is 3.52. The Kier molecular flexibility index (Phi) is 4.92. The van der Waals surface area contributed by atoms with Gasteiger partial charge in [-0.05, 0) is 56.0 Å². The van der Waals surface area contributed by atoms with E-state index in [9.17, 15) is 9.59 Å². The zero-order valence-electron chi connectivity index (χ0n) is 16.8. The second kappa shape index (κ2) is 7.54. The minimum Gasteiger partial charge on any atom is -0.325 e. The van der Waals surface area contributed by atoms with Gasteiger partial charge in [-0.15, -0.1) is 0 Å². The van der Waals surface area contributed by atoms with Crippen LogP contribution in [0.4, 0.5) is 11.6 Å². The van der Waals surface area contributed by atoms with E-state index in [1.807, 2.05) is 43.3 Å². The number of allylic oxidation sites excluding steroid dienone is 1. The molecule has 0 spiro atoms. The van der Waals surface area contributed by atoms with Gasteiger partial charge in [0.2, 0.25) is 5.95 Å². The van der Waals surface area contributed by atoms with E-state index in [0.717, 1.165) is 28.8 Å². The monoisotopic (exact) mass is 388 g/mol. The normalized spacial score (nSPS) is 12.4. The van der Waals surface area contributed by atoms with Gasteiger partial charge < -0.3 is 5.32 Å². The quantitative estimate of drug-likeness (QED) is 0.724. The third-order valence-corrected chi connectivity index (χ3v) is 5.12. The Hall–Kier alpha value is -3.41. The molecule has 6 nitrogen and oxygen atoms in total. The number of benzene rings is 2. The fraction of sp³-hybridized carbons (Fsp3) is 0.261. The van der Waals surface area contributed by atoms with Crippen molar-refractivity contribution in [1.29, 1.82) is 0 Å². The Bertz CT molecular complexity index is 1200. The maximum atomic E-state index is 13.1. The molecule has 29 heavy (non-hydrogen) atoms. The summed E-state index contributed by atoms with van der Waals surface area (Å²) < 4.78 is 2.71. The lowest BCUT2D eigenvalue weighted by molar-refractivity contribution is 0.497. The fourth-order valence-electron chi connectivity index (χ4n) is 3.52. The van der Waals surface area contributed by atoms with Crippen LogP contribution < -0.4 is 16.7 Å². The number of hydrogen-bond donors (Lipinski definition) is 1. The van der Waals surface area contributed by atoms with Gasteiger partial charge in [-0.25, -0.2) is 14.2 Å². The summed E-state index contributed by atoms with van der Waals surface area (Å²) in [6.45, 7) is 5.96. The van der Waals surface area contributed by atoms with E-state index < -0.39 is 5.69 Å². The number of anilines is 2. The maximum Gasteiger partial charge on any atom is 0.355 e. The summed E-state index contributed by atoms with van der Waals surface area (Å²) in [5.74, 6) is 0.249. The Balaban J connectivity index is 1.79. The zero-order valence-corrected chi connectivity index (χ0v) is 16.8. The van der Waals surface area contributed by atoms with Crippen molar-refractivity contribution in [3.63, 3.8) is 0 Å². The highest BCUT2D eigenvalue weighted by Gasteiger charge is 2.16. The third-order valence-electron chi connectivity index (χ3n) is 5.12. The number of nitrogens with one attached hydrogen (secondary N) is 1. The molecule has 4 rings (SSSR count). The lowest BCUT2D eigenvalue weighted by Crippen LogP contribution is -2.43. The molecule has 0 saturated heterocycles. The third kappa shape index (κ3) is 3.78. The van der Waals surface area contributed by atoms with Crippen LogP contribution >= 0.6 is 0 Å². The van der Waals surface area contributed by atoms with Crippen molar-refractivity contribution in [3.05, 3.63) is 91.8 Å². The standard InChI is InChI=1S/C23H24N4O2/c1-15(2)27-22(28)25-21(24-20-12-11-18-5-4-6-19(18)13-20)26(23(27)29)14-17-9-7-16(3)8-10-17/h4,6-13,15H,5,14H2,1-3H3,(H,24,25,28). The molecular formula is C23H24N4O2. The molecule has 0 aliphatic heterocycles. The number of hydrogen-bond acceptors (Lipinski definition) is 4. The van der Waals surface area contributed by atoms with Crippen molar-refractivity contribution in [2.75, 3.05) is 5.32 Å². The summed E-state index contributed by atoms with van der Waals surface area (Å²) in [6.07, 6.45) is 5.12. The van der Waals surface area contributed by atoms with Crippen LogP contribution in [0.25, 0.3) is 6.08 Å². The van der Waals surface area contributed by atoms with Gasteiger partial charge in [-0.3, -0.25) is 4.57 Å². The smallest absolute Gasteiger partial charge is 0.325 e. The van der Waals surface area contributed by atoms with Crippen molar-refractivity contribution in [1.82, 2.24) is 14.1 Å². The minimum atomic E-state index is -0.547. The molecule has 1 aliphatic carbocycles. The van der Waals surface area contributed by atoms with E-state index in [0.29, 0.717) is 6.54 Å². The van der Waals surface area contributed by atoms with Gasteiger partial charge in [0.25, 0.3) is 0 Å². The summed E-state index contributed by atoms with van der Waals surface area (Å²) in [5, 5.41) is 3.19. The van der Waals surface area contributed by atoms with Crippen molar-refractivity contribution < 1.29 is 0 Å². The number of rotatable bonds is 5. The average molecular weight is 388 g/mol. The van der Waals surface area contributed by atoms with Crippen LogP contribution in [-0.2, 0) is 13.0 Å². The van der Waals surface area contributed by atoms with Crippen molar-refractivity contribution in [2.24, 2.45) is 0 Å². The van der Waals surface area contributed by atoms with Crippen LogP contribution in [0.2, 0.25) is 0 Å². The number of fused-ring (bicyclic) bond motifs is 1. The summed E-state index contributed by atoms with van der Waals surface area (Å²) in [7, 11) is 0. The molecule has 1 aliphatic rings. The molecule has 0 atom stereocenters. The van der Waals surface area contributed by atoms with Crippen LogP contribution in [0.1, 0.15) is 42.1 Å². The molecule has 0 radical (unpaired) electrons. The van der Waals surface area contributed by atoms with Gasteiger partial charge in [0.05, 0.1) is 6.54 Å². The second-order valence-corrected chi connectivity index (χ2v) is 7.68. The van der Waals surface area contributed by atoms with Crippen LogP contribution in [0.3, 0.4) is 0 Å². The minimum absolute atomic E-state index is 0.249. The van der Waals surface area contributed by atoms with E-state index in [2.05, 4.69) is 28.5 Å². The molecule has 3 aromatic rings. The predicted molar refractivity (Wildman–Crippen MR) is 116 cm³/mol. The van der Waals surface area contributed by atoms with Crippen molar-refractivity contribution in [2.45, 2.75) is 39.8 Å². The van der Waals surface area contributed by atoms with E-state index in [1.54, 1.807) is 13.8 Å². The Morgan fingerprint density at radius 2 is 1.86 bits per heavy atom. The molecule has 1 N–H and O–H groups in total. The maximum absolute atomic E-state index is 13.1. The molecule has 2 aromatic carbocycles. The summed E-state index contributed by atoms with van der Waals surface area (Å²) in [5.41, 5.74) is 4.39. The lowest BCUT2D eigenvalue weighted by Gasteiger charge is -2.17. The summed E-state index contributed by atoms with van der Waals surface area (Å²) in [4.78, 5) is 29.9. The number of nitrogens with zero attached hydrogens (tertiary/aromatic N) is 3. The molecule has 0 fully saturated rings. The SMILES string of the molecule is Cc1ccc(Cn2c(Nc3ccc4c(c3)C=CC4)nc(=O)n(C(C)C)c2=O)cc1. The Morgan fingerprint density at radius 1 is 1.10 bits per heavy atom. The first-order valence-electron chi connectivity index (χ1n) is 9.78. The molecule has 6 heteroatoms. The lowest BCUT2D eigenvalue weighted by atomic mass is 10.1. The van der Waals surface area contributed by atoms with Gasteiger partial charge >= 0.3 is 11.4 Å². The van der Waals surface area contributed by atoms with Crippen molar-refractivity contribution >= 4 is 17.7 Å². The predicted octanol–water partition coefficient (Wildman–Crippen LogP) is 3.66. The van der Waals surface area contributed by atoms with Crippen LogP contribution in [0, 0.1) is 6.92 Å². The van der Waals surface area contributed by atoms with Gasteiger partial charge in [0, 0.05) is 11.7 Å². The van der Waals surface area contributed by atoms with E-state index >= 15 is 0 Å². The second-order valence-electron chi connectivity index (χ2n) is 7.68. The average Bonchev–Trinajstić information content (AvgIpc) is 3.14. The summed E-state index contributed by atoms with van der Waals surface area (Å²) >= 11 is 0. The molecule has 0 unspecified atom stereocenters. The van der Waals surface area contributed by atoms with E-state index in [1.165, 1.54) is 14.7 Å². The van der Waals surface area contributed by atoms with Gasteiger partial charge in [0.1, 0.15) is 0 Å². The first-order valence-corrected chi connectivity index (χ1v) is 9.78. The highest BCUT2D eigenvalue weighted by Crippen LogP contribution is 2.24. The number of aryl methyl sites for hydroxylation is 1. The first kappa shape index (κ1) is 18.9. The molecule has 148 valence electrons. The van der Waals surface area contributed by atoms with Crippen LogP contribution in [0.15, 0.2) is 58.1 Å². The zero-order chi connectivity index (χ0) is 20.5. The van der Waals surface area contributed by atoms with Gasteiger partial charge in [-0.1, -0.05) is 48.0 Å². The Morgan fingerprint density at radius 3 is 2.59 bits per heavy atom. The Labute approximate surface area is 169 Å². The molecular weight excluding hydrogens is 364 g/mol. The molecule has 1 aromatic heterocycles. The molecule has 0 bridgehead atoms. The van der Waals surface area contributed by atoms with Crippen LogP contribution in [-0.4, -0.2) is 14.1 Å². The van der Waals surface area contributed by atoms with Crippen molar-refractivity contribution in [3.8, 4) is 0 Å².